The number of fused-ring (bicyclic) bond motifs is 5. The largest absolute Gasteiger partial charge is 0.456 e. The van der Waals surface area contributed by atoms with Crippen molar-refractivity contribution < 1.29 is 4.42 Å². The van der Waals surface area contributed by atoms with Gasteiger partial charge in [-0.25, -0.2) is 9.98 Å². The fourth-order valence-electron chi connectivity index (χ4n) is 6.27. The molecule has 1 aliphatic heterocycles. The minimum atomic E-state index is -0.455. The zero-order chi connectivity index (χ0) is 29.7. The second kappa shape index (κ2) is 10.3. The molecule has 1 aliphatic rings. The summed E-state index contributed by atoms with van der Waals surface area (Å²) < 4.78 is 6.18. The van der Waals surface area contributed by atoms with Crippen LogP contribution in [0.25, 0.3) is 54.6 Å². The summed E-state index contributed by atoms with van der Waals surface area (Å²) in [6.45, 7) is 0. The van der Waals surface area contributed by atoms with Gasteiger partial charge in [0.25, 0.3) is 0 Å². The summed E-state index contributed by atoms with van der Waals surface area (Å²) in [5.41, 5.74) is 6.65. The lowest BCUT2D eigenvalue weighted by Crippen LogP contribution is -2.36. The van der Waals surface area contributed by atoms with Crippen LogP contribution in [0.15, 0.2) is 160 Å². The number of nitrogens with zero attached hydrogens (tertiary/aromatic N) is 3. The molecule has 1 atom stereocenters. The van der Waals surface area contributed by atoms with Crippen LogP contribution in [0.3, 0.4) is 0 Å². The molecule has 6 aromatic carbocycles. The molecule has 212 valence electrons. The van der Waals surface area contributed by atoms with Crippen molar-refractivity contribution in [1.82, 2.24) is 10.3 Å². The van der Waals surface area contributed by atoms with Crippen LogP contribution >= 0.6 is 0 Å². The molecule has 0 fully saturated rings. The lowest BCUT2D eigenvalue weighted by molar-refractivity contribution is 0.668. The van der Waals surface area contributed by atoms with Crippen LogP contribution in [0.5, 0.6) is 0 Å². The van der Waals surface area contributed by atoms with Crippen molar-refractivity contribution in [2.24, 2.45) is 9.98 Å². The summed E-state index contributed by atoms with van der Waals surface area (Å²) in [6.07, 6.45) is 1.32. The maximum atomic E-state index is 6.18. The minimum Gasteiger partial charge on any atom is -0.456 e. The number of aromatic nitrogens is 1. The molecular formula is C40H26N4O. The van der Waals surface area contributed by atoms with Gasteiger partial charge in [0.2, 0.25) is 0 Å². The van der Waals surface area contributed by atoms with Gasteiger partial charge in [-0.15, -0.1) is 0 Å². The van der Waals surface area contributed by atoms with Crippen molar-refractivity contribution in [3.05, 3.63) is 163 Å². The first-order valence-corrected chi connectivity index (χ1v) is 15.0. The van der Waals surface area contributed by atoms with Gasteiger partial charge < -0.3 is 9.73 Å². The molecular weight excluding hydrogens is 552 g/mol. The number of pyridine rings is 1. The summed E-state index contributed by atoms with van der Waals surface area (Å²) >= 11 is 0. The number of rotatable bonds is 4. The average molecular weight is 579 g/mol. The van der Waals surface area contributed by atoms with Crippen molar-refractivity contribution >= 4 is 55.2 Å². The van der Waals surface area contributed by atoms with Crippen LogP contribution in [0.1, 0.15) is 23.0 Å². The summed E-state index contributed by atoms with van der Waals surface area (Å²) in [5.74, 6) is 1.41. The first-order chi connectivity index (χ1) is 22.3. The van der Waals surface area contributed by atoms with E-state index in [4.69, 9.17) is 19.4 Å². The number of furan rings is 1. The Hall–Kier alpha value is -6.07. The third-order valence-corrected chi connectivity index (χ3v) is 8.57. The van der Waals surface area contributed by atoms with E-state index in [1.54, 1.807) is 6.20 Å². The number of hydrogen-bond donors (Lipinski definition) is 1. The minimum absolute atomic E-state index is 0.455. The van der Waals surface area contributed by atoms with E-state index in [0.717, 1.165) is 55.5 Å². The van der Waals surface area contributed by atoms with Gasteiger partial charge in [0, 0.05) is 17.1 Å². The number of para-hydroxylation sites is 1. The van der Waals surface area contributed by atoms with Gasteiger partial charge in [-0.2, -0.15) is 0 Å². The Morgan fingerprint density at radius 3 is 1.91 bits per heavy atom. The Labute approximate surface area is 259 Å². The van der Waals surface area contributed by atoms with Crippen LogP contribution in [0.4, 0.5) is 0 Å². The summed E-state index contributed by atoms with van der Waals surface area (Å²) in [7, 11) is 0. The molecule has 8 aromatic rings. The van der Waals surface area contributed by atoms with Crippen molar-refractivity contribution in [3.8, 4) is 11.1 Å². The second-order valence-electron chi connectivity index (χ2n) is 11.3. The Kier molecular flexibility index (Phi) is 5.81. The molecule has 5 nitrogen and oxygen atoms in total. The summed E-state index contributed by atoms with van der Waals surface area (Å²) in [6, 6.07) is 48.3. The molecule has 9 rings (SSSR count). The van der Waals surface area contributed by atoms with Crippen molar-refractivity contribution in [3.63, 3.8) is 0 Å². The molecule has 0 aliphatic carbocycles. The monoisotopic (exact) mass is 578 g/mol. The molecule has 0 saturated heterocycles. The molecule has 0 spiro atoms. The van der Waals surface area contributed by atoms with E-state index < -0.39 is 6.17 Å². The van der Waals surface area contributed by atoms with E-state index in [-0.39, 0.29) is 0 Å². The van der Waals surface area contributed by atoms with E-state index in [1.807, 2.05) is 24.3 Å². The van der Waals surface area contributed by atoms with Gasteiger partial charge in [-0.3, -0.25) is 4.98 Å². The van der Waals surface area contributed by atoms with E-state index >= 15 is 0 Å². The quantitative estimate of drug-likeness (QED) is 0.226. The highest BCUT2D eigenvalue weighted by Gasteiger charge is 2.24. The molecule has 45 heavy (non-hydrogen) atoms. The highest BCUT2D eigenvalue weighted by Crippen LogP contribution is 2.33. The predicted octanol–water partition coefficient (Wildman–Crippen LogP) is 9.45. The van der Waals surface area contributed by atoms with E-state index in [2.05, 4.69) is 121 Å². The zero-order valence-corrected chi connectivity index (χ0v) is 24.2. The SMILES string of the molecule is c1ccc2cc(C3=NC(c4ccc(-c5ccc6ccccc6c5)cc4)N=C(c4nccc5oc6ccccc6c45)N3)ccc2c1. The smallest absolute Gasteiger partial charge is 0.169 e. The lowest BCUT2D eigenvalue weighted by atomic mass is 9.99. The maximum Gasteiger partial charge on any atom is 0.169 e. The summed E-state index contributed by atoms with van der Waals surface area (Å²) in [5, 5.41) is 10.3. The Balaban J connectivity index is 1.16. The van der Waals surface area contributed by atoms with Crippen LogP contribution in [-0.2, 0) is 0 Å². The van der Waals surface area contributed by atoms with Gasteiger partial charge in [-0.05, 0) is 62.5 Å². The van der Waals surface area contributed by atoms with Crippen molar-refractivity contribution in [2.45, 2.75) is 6.17 Å². The molecule has 2 aromatic heterocycles. The van der Waals surface area contributed by atoms with Crippen molar-refractivity contribution in [2.75, 3.05) is 0 Å². The first-order valence-electron chi connectivity index (χ1n) is 15.0. The highest BCUT2D eigenvalue weighted by molar-refractivity contribution is 6.22. The normalized spacial score (nSPS) is 14.9. The number of aliphatic imine (C=N–C) groups is 2. The number of hydrogen-bond acceptors (Lipinski definition) is 5. The van der Waals surface area contributed by atoms with Gasteiger partial charge in [0.1, 0.15) is 22.7 Å². The maximum absolute atomic E-state index is 6.18. The molecule has 0 bridgehead atoms. The van der Waals surface area contributed by atoms with Crippen LogP contribution in [0, 0.1) is 0 Å². The Morgan fingerprint density at radius 2 is 1.13 bits per heavy atom. The number of amidine groups is 2. The van der Waals surface area contributed by atoms with Crippen LogP contribution < -0.4 is 5.32 Å². The topological polar surface area (TPSA) is 62.8 Å². The first kappa shape index (κ1) is 25.4. The molecule has 0 saturated carbocycles. The van der Waals surface area contributed by atoms with Crippen molar-refractivity contribution in [1.29, 1.82) is 0 Å². The molecule has 5 heteroatoms. The lowest BCUT2D eigenvalue weighted by Gasteiger charge is -2.22. The zero-order valence-electron chi connectivity index (χ0n) is 24.2. The molecule has 1 unspecified atom stereocenters. The predicted molar refractivity (Wildman–Crippen MR) is 184 cm³/mol. The molecule has 3 heterocycles. The van der Waals surface area contributed by atoms with Crippen LogP contribution in [0.2, 0.25) is 0 Å². The fourth-order valence-corrected chi connectivity index (χ4v) is 6.27. The Morgan fingerprint density at radius 1 is 0.511 bits per heavy atom. The standard InChI is InChI=1S/C40H26N4O/c1-3-9-29-23-31(19-15-25(29)7-1)27-13-17-28(18-14-27)38-42-39(32-20-16-26-8-2-4-10-30(26)24-32)44-40(43-38)37-36-33-11-5-6-12-34(33)45-35(36)21-22-41-37/h1-24,38H,(H,42,43,44). The van der Waals surface area contributed by atoms with E-state index in [0.29, 0.717) is 5.84 Å². The molecule has 0 radical (unpaired) electrons. The Bertz CT molecular complexity index is 2470. The third kappa shape index (κ3) is 4.45. The van der Waals surface area contributed by atoms with Gasteiger partial charge in [-0.1, -0.05) is 115 Å². The number of nitrogens with one attached hydrogen (secondary N) is 1. The average Bonchev–Trinajstić information content (AvgIpc) is 3.50. The van der Waals surface area contributed by atoms with Gasteiger partial charge in [0.15, 0.2) is 12.0 Å². The second-order valence-corrected chi connectivity index (χ2v) is 11.3. The van der Waals surface area contributed by atoms with E-state index in [9.17, 15) is 0 Å². The fraction of sp³-hybridized carbons (Fsp3) is 0.0250. The van der Waals surface area contributed by atoms with E-state index in [1.165, 1.54) is 21.7 Å². The molecule has 0 amide bonds. The number of benzene rings is 6. The highest BCUT2D eigenvalue weighted by atomic mass is 16.3. The molecule has 1 N–H and O–H groups in total. The van der Waals surface area contributed by atoms with Crippen LogP contribution in [-0.4, -0.2) is 16.7 Å². The summed E-state index contributed by atoms with van der Waals surface area (Å²) in [4.78, 5) is 15.1. The third-order valence-electron chi connectivity index (χ3n) is 8.57. The van der Waals surface area contributed by atoms with Gasteiger partial charge >= 0.3 is 0 Å². The van der Waals surface area contributed by atoms with Gasteiger partial charge in [0.05, 0.1) is 5.39 Å².